The normalized spacial score (nSPS) is 18.1. The summed E-state index contributed by atoms with van der Waals surface area (Å²) in [6.07, 6.45) is 8.42. The van der Waals surface area contributed by atoms with Crippen LogP contribution in [0.3, 0.4) is 0 Å². The van der Waals surface area contributed by atoms with E-state index in [1.165, 1.54) is 0 Å². The summed E-state index contributed by atoms with van der Waals surface area (Å²) in [5.74, 6) is 3.27. The Bertz CT molecular complexity index is 668. The fraction of sp³-hybridized carbons (Fsp3) is 0.625. The van der Waals surface area contributed by atoms with Crippen LogP contribution < -0.4 is 0 Å². The van der Waals surface area contributed by atoms with Crippen molar-refractivity contribution in [3.05, 3.63) is 30.1 Å². The summed E-state index contributed by atoms with van der Waals surface area (Å²) in [6.45, 7) is 2.22. The maximum Gasteiger partial charge on any atom is 0.223 e. The van der Waals surface area contributed by atoms with Gasteiger partial charge in [0.2, 0.25) is 5.91 Å². The van der Waals surface area contributed by atoms with Crippen LogP contribution in [0.1, 0.15) is 36.8 Å². The van der Waals surface area contributed by atoms with E-state index in [-0.39, 0.29) is 11.8 Å². The molecule has 0 aromatic carbocycles. The van der Waals surface area contributed by atoms with Gasteiger partial charge in [0.25, 0.3) is 0 Å². The zero-order valence-electron chi connectivity index (χ0n) is 14.3. The number of aromatic nitrogens is 5. The third kappa shape index (κ3) is 3.80. The Morgan fingerprint density at radius 2 is 2.29 bits per heavy atom. The Kier molecular flexibility index (Phi) is 5.55. The minimum Gasteiger partial charge on any atom is -0.342 e. The van der Waals surface area contributed by atoms with Crippen LogP contribution in [0.2, 0.25) is 0 Å². The van der Waals surface area contributed by atoms with Crippen molar-refractivity contribution in [2.45, 2.75) is 31.7 Å². The Balaban J connectivity index is 1.67. The smallest absolute Gasteiger partial charge is 0.223 e. The number of thioether (sulfide) groups is 1. The zero-order chi connectivity index (χ0) is 16.9. The third-order valence-electron chi connectivity index (χ3n) is 4.52. The summed E-state index contributed by atoms with van der Waals surface area (Å²) >= 11 is 1.72. The maximum absolute atomic E-state index is 12.3. The average Bonchev–Trinajstić information content (AvgIpc) is 3.24. The first-order valence-corrected chi connectivity index (χ1v) is 9.70. The van der Waals surface area contributed by atoms with E-state index in [0.717, 1.165) is 43.3 Å². The van der Waals surface area contributed by atoms with Crippen molar-refractivity contribution in [2.75, 3.05) is 25.1 Å². The molecule has 2 aromatic rings. The summed E-state index contributed by atoms with van der Waals surface area (Å²) in [7, 11) is 2.00. The number of hydrogen-bond donors (Lipinski definition) is 0. The molecule has 0 spiro atoms. The van der Waals surface area contributed by atoms with Gasteiger partial charge in [0.1, 0.15) is 12.4 Å². The maximum atomic E-state index is 12.3. The highest BCUT2D eigenvalue weighted by atomic mass is 32.2. The molecule has 24 heavy (non-hydrogen) atoms. The molecular weight excluding hydrogens is 324 g/mol. The fourth-order valence-corrected chi connectivity index (χ4v) is 3.55. The molecule has 0 N–H and O–H groups in total. The average molecular weight is 348 g/mol. The SMILES string of the molecule is CSCCC(=O)N1CCC[C@H](c2nnc(Cn3cccn3)n2C)C1. The predicted molar refractivity (Wildman–Crippen MR) is 93.9 cm³/mol. The summed E-state index contributed by atoms with van der Waals surface area (Å²) in [5.41, 5.74) is 0. The molecule has 1 amide bonds. The van der Waals surface area contributed by atoms with Crippen LogP contribution >= 0.6 is 11.8 Å². The van der Waals surface area contributed by atoms with Gasteiger partial charge in [-0.15, -0.1) is 10.2 Å². The molecule has 1 atom stereocenters. The van der Waals surface area contributed by atoms with Gasteiger partial charge in [0.05, 0.1) is 0 Å². The molecule has 0 radical (unpaired) electrons. The highest BCUT2D eigenvalue weighted by Crippen LogP contribution is 2.26. The van der Waals surface area contributed by atoms with E-state index in [2.05, 4.69) is 19.9 Å². The van der Waals surface area contributed by atoms with Crippen LogP contribution in [-0.4, -0.2) is 60.5 Å². The summed E-state index contributed by atoms with van der Waals surface area (Å²) in [4.78, 5) is 14.3. The molecule has 2 aromatic heterocycles. The van der Waals surface area contributed by atoms with Crippen molar-refractivity contribution >= 4 is 17.7 Å². The van der Waals surface area contributed by atoms with E-state index in [1.807, 2.05) is 35.1 Å². The first kappa shape index (κ1) is 17.0. The molecule has 130 valence electrons. The van der Waals surface area contributed by atoms with Gasteiger partial charge < -0.3 is 9.47 Å². The largest absolute Gasteiger partial charge is 0.342 e. The molecule has 0 saturated carbocycles. The quantitative estimate of drug-likeness (QED) is 0.792. The van der Waals surface area contributed by atoms with Gasteiger partial charge in [0, 0.05) is 50.6 Å². The molecule has 1 saturated heterocycles. The van der Waals surface area contributed by atoms with E-state index in [0.29, 0.717) is 13.0 Å². The molecule has 0 aliphatic carbocycles. The Morgan fingerprint density at radius 3 is 3.04 bits per heavy atom. The number of hydrogen-bond acceptors (Lipinski definition) is 5. The highest BCUT2D eigenvalue weighted by Gasteiger charge is 2.28. The second-order valence-electron chi connectivity index (χ2n) is 6.16. The second-order valence-corrected chi connectivity index (χ2v) is 7.14. The topological polar surface area (TPSA) is 68.8 Å². The lowest BCUT2D eigenvalue weighted by Gasteiger charge is -2.32. The van der Waals surface area contributed by atoms with Crippen LogP contribution in [0.4, 0.5) is 0 Å². The fourth-order valence-electron chi connectivity index (χ4n) is 3.17. The van der Waals surface area contributed by atoms with Crippen molar-refractivity contribution in [1.29, 1.82) is 0 Å². The van der Waals surface area contributed by atoms with Gasteiger partial charge in [-0.05, 0) is 25.2 Å². The minimum absolute atomic E-state index is 0.257. The molecule has 1 aliphatic heterocycles. The molecular formula is C16H24N6OS. The van der Waals surface area contributed by atoms with E-state index < -0.39 is 0 Å². The van der Waals surface area contributed by atoms with Crippen LogP contribution in [0.15, 0.2) is 18.5 Å². The van der Waals surface area contributed by atoms with E-state index in [9.17, 15) is 4.79 Å². The van der Waals surface area contributed by atoms with E-state index in [4.69, 9.17) is 0 Å². The lowest BCUT2D eigenvalue weighted by molar-refractivity contribution is -0.132. The van der Waals surface area contributed by atoms with Gasteiger partial charge in [-0.3, -0.25) is 9.48 Å². The van der Waals surface area contributed by atoms with Crippen molar-refractivity contribution < 1.29 is 4.79 Å². The van der Waals surface area contributed by atoms with Gasteiger partial charge in [-0.25, -0.2) is 0 Å². The van der Waals surface area contributed by atoms with Crippen molar-refractivity contribution in [2.24, 2.45) is 7.05 Å². The lowest BCUT2D eigenvalue weighted by atomic mass is 9.97. The molecule has 3 heterocycles. The van der Waals surface area contributed by atoms with Crippen LogP contribution in [0, 0.1) is 0 Å². The van der Waals surface area contributed by atoms with Crippen molar-refractivity contribution in [1.82, 2.24) is 29.4 Å². The first-order valence-electron chi connectivity index (χ1n) is 8.31. The van der Waals surface area contributed by atoms with Gasteiger partial charge in [-0.1, -0.05) is 0 Å². The van der Waals surface area contributed by atoms with Gasteiger partial charge in [0.15, 0.2) is 5.82 Å². The van der Waals surface area contributed by atoms with E-state index in [1.54, 1.807) is 18.0 Å². The molecule has 1 fully saturated rings. The Morgan fingerprint density at radius 1 is 1.42 bits per heavy atom. The second kappa shape index (κ2) is 7.83. The zero-order valence-corrected chi connectivity index (χ0v) is 15.1. The summed E-state index contributed by atoms with van der Waals surface area (Å²) in [5, 5.41) is 13.0. The Hall–Kier alpha value is -1.83. The predicted octanol–water partition coefficient (Wildman–Crippen LogP) is 1.52. The monoisotopic (exact) mass is 348 g/mol. The number of nitrogens with zero attached hydrogens (tertiary/aromatic N) is 6. The number of carbonyl (C=O) groups excluding carboxylic acids is 1. The summed E-state index contributed by atoms with van der Waals surface area (Å²) < 4.78 is 3.90. The highest BCUT2D eigenvalue weighted by molar-refractivity contribution is 7.98. The lowest BCUT2D eigenvalue weighted by Crippen LogP contribution is -2.39. The van der Waals surface area contributed by atoms with Crippen molar-refractivity contribution in [3.63, 3.8) is 0 Å². The summed E-state index contributed by atoms with van der Waals surface area (Å²) in [6, 6.07) is 1.90. The third-order valence-corrected chi connectivity index (χ3v) is 5.13. The van der Waals surface area contributed by atoms with E-state index >= 15 is 0 Å². The molecule has 1 aliphatic rings. The molecule has 0 bridgehead atoms. The minimum atomic E-state index is 0.257. The first-order chi connectivity index (χ1) is 11.7. The number of rotatable bonds is 6. The van der Waals surface area contributed by atoms with Gasteiger partial charge in [-0.2, -0.15) is 16.9 Å². The molecule has 0 unspecified atom stereocenters. The number of piperidine rings is 1. The molecule has 3 rings (SSSR count). The number of likely N-dealkylation sites (tertiary alicyclic amines) is 1. The molecule has 7 nitrogen and oxygen atoms in total. The number of carbonyl (C=O) groups is 1. The standard InChI is InChI=1S/C16H24N6OS/c1-20-14(12-22-9-4-7-17-22)18-19-16(20)13-5-3-8-21(11-13)15(23)6-10-24-2/h4,7,9,13H,3,5-6,8,10-12H2,1-2H3/t13-/m0/s1. The van der Waals surface area contributed by atoms with Crippen molar-refractivity contribution in [3.8, 4) is 0 Å². The van der Waals surface area contributed by atoms with Crippen LogP contribution in [-0.2, 0) is 18.4 Å². The Labute approximate surface area is 146 Å². The van der Waals surface area contributed by atoms with Gasteiger partial charge >= 0.3 is 0 Å². The molecule has 8 heteroatoms. The van der Waals surface area contributed by atoms with Crippen LogP contribution in [0.25, 0.3) is 0 Å². The van der Waals surface area contributed by atoms with Crippen LogP contribution in [0.5, 0.6) is 0 Å². The number of amides is 1.